The van der Waals surface area contributed by atoms with Crippen molar-refractivity contribution < 1.29 is 0 Å². The van der Waals surface area contributed by atoms with Crippen LogP contribution < -0.4 is 17.2 Å². The van der Waals surface area contributed by atoms with Gasteiger partial charge in [0.15, 0.2) is 0 Å². The number of nitrogens with zero attached hydrogens (tertiary/aromatic N) is 4. The molecule has 0 spiro atoms. The first-order valence-corrected chi connectivity index (χ1v) is 4.87. The van der Waals surface area contributed by atoms with Gasteiger partial charge in [-0.2, -0.15) is 15.0 Å². The van der Waals surface area contributed by atoms with E-state index in [4.69, 9.17) is 17.2 Å². The molecule has 0 unspecified atom stereocenters. The van der Waals surface area contributed by atoms with Crippen LogP contribution in [-0.2, 0) is 6.54 Å². The van der Waals surface area contributed by atoms with Gasteiger partial charge < -0.3 is 17.2 Å². The second kappa shape index (κ2) is 3.95. The van der Waals surface area contributed by atoms with E-state index in [9.17, 15) is 0 Å². The number of aromatic nitrogens is 3. The quantitative estimate of drug-likeness (QED) is 0.546. The van der Waals surface area contributed by atoms with Crippen LogP contribution in [0.1, 0.15) is 12.2 Å². The summed E-state index contributed by atoms with van der Waals surface area (Å²) in [6, 6.07) is 0.251. The zero-order chi connectivity index (χ0) is 10.8. The SMILES string of the molecule is Nc1nc(N)nc(CN2CC[C@@H](N)C2)n1. The Morgan fingerprint density at radius 2 is 1.87 bits per heavy atom. The first-order chi connectivity index (χ1) is 7.13. The van der Waals surface area contributed by atoms with Gasteiger partial charge in [-0.15, -0.1) is 0 Å². The number of rotatable bonds is 2. The predicted molar refractivity (Wildman–Crippen MR) is 56.5 cm³/mol. The van der Waals surface area contributed by atoms with Crippen molar-refractivity contribution in [1.82, 2.24) is 19.9 Å². The van der Waals surface area contributed by atoms with Gasteiger partial charge in [0.2, 0.25) is 11.9 Å². The third-order valence-corrected chi connectivity index (χ3v) is 2.39. The lowest BCUT2D eigenvalue weighted by Crippen LogP contribution is -2.27. The highest BCUT2D eigenvalue weighted by atomic mass is 15.2. The van der Waals surface area contributed by atoms with Crippen molar-refractivity contribution >= 4 is 11.9 Å². The lowest BCUT2D eigenvalue weighted by Gasteiger charge is -2.13. The molecular weight excluding hydrogens is 194 g/mol. The molecule has 0 radical (unpaired) electrons. The molecule has 2 rings (SSSR count). The number of hydrogen-bond acceptors (Lipinski definition) is 7. The topological polar surface area (TPSA) is 120 Å². The molecule has 0 aromatic carbocycles. The second-order valence-electron chi connectivity index (χ2n) is 3.75. The van der Waals surface area contributed by atoms with E-state index in [1.807, 2.05) is 0 Å². The molecule has 0 saturated carbocycles. The Hall–Kier alpha value is -1.47. The summed E-state index contributed by atoms with van der Waals surface area (Å²) in [5.74, 6) is 0.941. The van der Waals surface area contributed by atoms with E-state index < -0.39 is 0 Å². The fraction of sp³-hybridized carbons (Fsp3) is 0.625. The predicted octanol–water partition coefficient (Wildman–Crippen LogP) is -1.43. The van der Waals surface area contributed by atoms with E-state index in [0.717, 1.165) is 19.5 Å². The molecule has 1 aromatic rings. The molecule has 6 N–H and O–H groups in total. The summed E-state index contributed by atoms with van der Waals surface area (Å²) in [6.45, 7) is 2.46. The summed E-state index contributed by atoms with van der Waals surface area (Å²) >= 11 is 0. The molecule has 1 atom stereocenters. The number of nitrogen functional groups attached to an aromatic ring is 2. The Labute approximate surface area is 87.7 Å². The number of anilines is 2. The van der Waals surface area contributed by atoms with Crippen molar-refractivity contribution in [2.75, 3.05) is 24.6 Å². The number of hydrogen-bond donors (Lipinski definition) is 3. The minimum atomic E-state index is 0.168. The van der Waals surface area contributed by atoms with Gasteiger partial charge >= 0.3 is 0 Å². The van der Waals surface area contributed by atoms with E-state index >= 15 is 0 Å². The zero-order valence-corrected chi connectivity index (χ0v) is 8.43. The van der Waals surface area contributed by atoms with Crippen LogP contribution in [0, 0.1) is 0 Å². The summed E-state index contributed by atoms with van der Waals surface area (Å²) in [6.07, 6.45) is 1.01. The highest BCUT2D eigenvalue weighted by Gasteiger charge is 2.20. The maximum atomic E-state index is 5.79. The van der Waals surface area contributed by atoms with Crippen LogP contribution in [0.25, 0.3) is 0 Å². The molecule has 1 aliphatic rings. The minimum Gasteiger partial charge on any atom is -0.368 e. The third-order valence-electron chi connectivity index (χ3n) is 2.39. The lowest BCUT2D eigenvalue weighted by atomic mass is 10.3. The van der Waals surface area contributed by atoms with Gasteiger partial charge in [0.05, 0.1) is 6.54 Å². The summed E-state index contributed by atoms with van der Waals surface area (Å²) < 4.78 is 0. The van der Waals surface area contributed by atoms with Crippen molar-refractivity contribution in [2.45, 2.75) is 19.0 Å². The molecule has 0 amide bonds. The molecule has 15 heavy (non-hydrogen) atoms. The summed E-state index contributed by atoms with van der Waals surface area (Å²) in [5, 5.41) is 0. The van der Waals surface area contributed by atoms with Crippen LogP contribution in [-0.4, -0.2) is 39.0 Å². The first kappa shape index (κ1) is 10.1. The Morgan fingerprint density at radius 1 is 1.20 bits per heavy atom. The van der Waals surface area contributed by atoms with Crippen molar-refractivity contribution in [3.8, 4) is 0 Å². The summed E-state index contributed by atoms with van der Waals surface area (Å²) in [4.78, 5) is 13.9. The first-order valence-electron chi connectivity index (χ1n) is 4.87. The molecule has 7 nitrogen and oxygen atoms in total. The van der Waals surface area contributed by atoms with Gasteiger partial charge in [-0.1, -0.05) is 0 Å². The van der Waals surface area contributed by atoms with Crippen molar-refractivity contribution in [3.05, 3.63) is 5.82 Å². The van der Waals surface area contributed by atoms with Crippen LogP contribution in [0.4, 0.5) is 11.9 Å². The van der Waals surface area contributed by atoms with Gasteiger partial charge in [0.25, 0.3) is 0 Å². The Bertz CT molecular complexity index is 333. The summed E-state index contributed by atoms with van der Waals surface area (Å²) in [7, 11) is 0. The molecule has 0 aliphatic carbocycles. The van der Waals surface area contributed by atoms with Gasteiger partial charge in [0.1, 0.15) is 5.82 Å². The molecule has 1 aliphatic heterocycles. The molecule has 7 heteroatoms. The Kier molecular flexibility index (Phi) is 2.65. The fourth-order valence-corrected chi connectivity index (χ4v) is 1.73. The smallest absolute Gasteiger partial charge is 0.225 e. The monoisotopic (exact) mass is 209 g/mol. The standard InChI is InChI=1S/C8H15N7/c9-5-1-2-15(3-5)4-6-12-7(10)14-8(11)13-6/h5H,1-4,9H2,(H4,10,11,12,13,14)/t5-/m1/s1. The molecule has 82 valence electrons. The average Bonchev–Trinajstić information content (AvgIpc) is 2.49. The van der Waals surface area contributed by atoms with E-state index in [-0.39, 0.29) is 17.9 Å². The molecule has 2 heterocycles. The third kappa shape index (κ3) is 2.51. The van der Waals surface area contributed by atoms with Gasteiger partial charge in [-0.25, -0.2) is 0 Å². The van der Waals surface area contributed by atoms with E-state index in [1.165, 1.54) is 0 Å². The highest BCUT2D eigenvalue weighted by molar-refractivity contribution is 5.25. The van der Waals surface area contributed by atoms with Crippen LogP contribution in [0.5, 0.6) is 0 Å². The molecule has 1 aromatic heterocycles. The van der Waals surface area contributed by atoms with E-state index in [0.29, 0.717) is 12.4 Å². The van der Waals surface area contributed by atoms with Crippen molar-refractivity contribution in [1.29, 1.82) is 0 Å². The largest absolute Gasteiger partial charge is 0.368 e. The molecule has 1 saturated heterocycles. The Morgan fingerprint density at radius 3 is 2.40 bits per heavy atom. The maximum absolute atomic E-state index is 5.79. The van der Waals surface area contributed by atoms with Crippen molar-refractivity contribution in [2.24, 2.45) is 5.73 Å². The lowest BCUT2D eigenvalue weighted by molar-refractivity contribution is 0.318. The van der Waals surface area contributed by atoms with Gasteiger partial charge in [-0.05, 0) is 6.42 Å². The van der Waals surface area contributed by atoms with Crippen molar-refractivity contribution in [3.63, 3.8) is 0 Å². The second-order valence-corrected chi connectivity index (χ2v) is 3.75. The zero-order valence-electron chi connectivity index (χ0n) is 8.43. The molecule has 1 fully saturated rings. The van der Waals surface area contributed by atoms with E-state index in [1.54, 1.807) is 0 Å². The van der Waals surface area contributed by atoms with Crippen LogP contribution >= 0.6 is 0 Å². The average molecular weight is 209 g/mol. The Balaban J connectivity index is 2.04. The minimum absolute atomic E-state index is 0.168. The summed E-state index contributed by atoms with van der Waals surface area (Å²) in [5.41, 5.74) is 16.7. The number of nitrogens with two attached hydrogens (primary N) is 3. The highest BCUT2D eigenvalue weighted by Crippen LogP contribution is 2.10. The van der Waals surface area contributed by atoms with Crippen LogP contribution in [0.2, 0.25) is 0 Å². The normalized spacial score (nSPS) is 22.1. The maximum Gasteiger partial charge on any atom is 0.225 e. The molecule has 0 bridgehead atoms. The van der Waals surface area contributed by atoms with E-state index in [2.05, 4.69) is 19.9 Å². The van der Waals surface area contributed by atoms with Gasteiger partial charge in [-0.3, -0.25) is 4.90 Å². The van der Waals surface area contributed by atoms with Crippen LogP contribution in [0.3, 0.4) is 0 Å². The number of likely N-dealkylation sites (tertiary alicyclic amines) is 1. The van der Waals surface area contributed by atoms with Crippen LogP contribution in [0.15, 0.2) is 0 Å². The fourth-order valence-electron chi connectivity index (χ4n) is 1.73. The molecular formula is C8H15N7. The van der Waals surface area contributed by atoms with Gasteiger partial charge in [0, 0.05) is 19.1 Å².